The van der Waals surface area contributed by atoms with E-state index < -0.39 is 0 Å². The van der Waals surface area contributed by atoms with Crippen molar-refractivity contribution in [2.45, 2.75) is 19.4 Å². The van der Waals surface area contributed by atoms with Gasteiger partial charge in [0.2, 0.25) is 0 Å². The van der Waals surface area contributed by atoms with Gasteiger partial charge in [-0.1, -0.05) is 24.3 Å². The molecule has 0 radical (unpaired) electrons. The Hall–Kier alpha value is -0.530. The molecule has 1 atom stereocenters. The zero-order valence-corrected chi connectivity index (χ0v) is 8.01. The first-order valence-electron chi connectivity index (χ1n) is 4.14. The van der Waals surface area contributed by atoms with Crippen LogP contribution in [-0.2, 0) is 6.42 Å². The van der Waals surface area contributed by atoms with Gasteiger partial charge in [-0.05, 0) is 24.5 Å². The van der Waals surface area contributed by atoms with E-state index in [9.17, 15) is 0 Å². The number of hydrogen-bond acceptors (Lipinski definition) is 1. The molecular formula is C10H14ClN. The van der Waals surface area contributed by atoms with E-state index in [1.54, 1.807) is 0 Å². The molecule has 0 fully saturated rings. The molecule has 0 aliphatic carbocycles. The van der Waals surface area contributed by atoms with E-state index in [2.05, 4.69) is 24.3 Å². The fraction of sp³-hybridized carbons (Fsp3) is 0.400. The fourth-order valence-corrected chi connectivity index (χ4v) is 1.32. The first kappa shape index (κ1) is 9.56. The molecule has 0 saturated carbocycles. The smallest absolute Gasteiger partial charge is 0.0266 e. The van der Waals surface area contributed by atoms with Crippen molar-refractivity contribution in [1.29, 1.82) is 0 Å². The average molecular weight is 184 g/mol. The van der Waals surface area contributed by atoms with Crippen molar-refractivity contribution in [3.8, 4) is 0 Å². The Morgan fingerprint density at radius 1 is 1.33 bits per heavy atom. The number of halogens is 1. The number of nitrogens with two attached hydrogens (primary N) is 1. The van der Waals surface area contributed by atoms with Crippen LogP contribution in [0.1, 0.15) is 24.1 Å². The van der Waals surface area contributed by atoms with Crippen LogP contribution in [0, 0.1) is 0 Å². The molecule has 0 heterocycles. The van der Waals surface area contributed by atoms with Crippen molar-refractivity contribution < 1.29 is 0 Å². The van der Waals surface area contributed by atoms with E-state index in [4.69, 9.17) is 17.3 Å². The Kier molecular flexibility index (Phi) is 3.57. The van der Waals surface area contributed by atoms with Crippen molar-refractivity contribution in [3.05, 3.63) is 35.4 Å². The standard InChI is InChI=1S/C10H14ClN/c1-8(12)10-4-2-9(3-5-10)6-7-11/h2-5,8H,6-7,12H2,1H3/t8-/m1/s1. The monoisotopic (exact) mass is 183 g/mol. The van der Waals surface area contributed by atoms with Crippen LogP contribution in [0.5, 0.6) is 0 Å². The Labute approximate surface area is 78.5 Å². The van der Waals surface area contributed by atoms with Gasteiger partial charge in [0.05, 0.1) is 0 Å². The van der Waals surface area contributed by atoms with Crippen LogP contribution in [0.3, 0.4) is 0 Å². The van der Waals surface area contributed by atoms with Crippen LogP contribution >= 0.6 is 11.6 Å². The van der Waals surface area contributed by atoms with E-state index in [0.29, 0.717) is 5.88 Å². The summed E-state index contributed by atoms with van der Waals surface area (Å²) in [5.41, 5.74) is 8.16. The summed E-state index contributed by atoms with van der Waals surface area (Å²) in [4.78, 5) is 0. The normalized spacial score (nSPS) is 12.9. The zero-order valence-electron chi connectivity index (χ0n) is 7.26. The SMILES string of the molecule is C[C@@H](N)c1ccc(CCCl)cc1. The number of rotatable bonds is 3. The highest BCUT2D eigenvalue weighted by molar-refractivity contribution is 6.17. The summed E-state index contributed by atoms with van der Waals surface area (Å²) in [6, 6.07) is 8.41. The molecule has 1 nitrogen and oxygen atoms in total. The summed E-state index contributed by atoms with van der Waals surface area (Å²) in [5.74, 6) is 0.678. The molecule has 0 aliphatic rings. The first-order chi connectivity index (χ1) is 5.74. The maximum absolute atomic E-state index is 5.71. The van der Waals surface area contributed by atoms with Crippen LogP contribution < -0.4 is 5.73 Å². The molecule has 66 valence electrons. The predicted octanol–water partition coefficient (Wildman–Crippen LogP) is 2.49. The van der Waals surface area contributed by atoms with Gasteiger partial charge in [-0.25, -0.2) is 0 Å². The molecule has 0 bridgehead atoms. The molecule has 12 heavy (non-hydrogen) atoms. The number of alkyl halides is 1. The Bertz CT molecular complexity index is 228. The van der Waals surface area contributed by atoms with Gasteiger partial charge in [-0.15, -0.1) is 11.6 Å². The number of hydrogen-bond donors (Lipinski definition) is 1. The first-order valence-corrected chi connectivity index (χ1v) is 4.68. The number of aryl methyl sites for hydroxylation is 1. The van der Waals surface area contributed by atoms with Crippen LogP contribution in [0.2, 0.25) is 0 Å². The van der Waals surface area contributed by atoms with Crippen molar-refractivity contribution in [3.63, 3.8) is 0 Å². The molecule has 1 aromatic carbocycles. The van der Waals surface area contributed by atoms with Gasteiger partial charge >= 0.3 is 0 Å². The molecule has 1 rings (SSSR count). The summed E-state index contributed by atoms with van der Waals surface area (Å²) in [6.07, 6.45) is 0.931. The quantitative estimate of drug-likeness (QED) is 0.716. The Morgan fingerprint density at radius 2 is 1.92 bits per heavy atom. The summed E-state index contributed by atoms with van der Waals surface area (Å²) >= 11 is 5.61. The minimum atomic E-state index is 0.120. The molecular weight excluding hydrogens is 170 g/mol. The summed E-state index contributed by atoms with van der Waals surface area (Å²) in [7, 11) is 0. The van der Waals surface area contributed by atoms with E-state index >= 15 is 0 Å². The van der Waals surface area contributed by atoms with Gasteiger partial charge in [-0.2, -0.15) is 0 Å². The van der Waals surface area contributed by atoms with Gasteiger partial charge < -0.3 is 5.73 Å². The molecule has 0 aliphatic heterocycles. The Balaban J connectivity index is 2.71. The van der Waals surface area contributed by atoms with Crippen molar-refractivity contribution in [2.24, 2.45) is 5.73 Å². The molecule has 0 unspecified atom stereocenters. The van der Waals surface area contributed by atoms with Crippen molar-refractivity contribution >= 4 is 11.6 Å². The van der Waals surface area contributed by atoms with Crippen LogP contribution in [-0.4, -0.2) is 5.88 Å². The summed E-state index contributed by atoms with van der Waals surface area (Å²) < 4.78 is 0. The molecule has 1 aromatic rings. The molecule has 0 saturated heterocycles. The van der Waals surface area contributed by atoms with E-state index in [1.807, 2.05) is 6.92 Å². The van der Waals surface area contributed by atoms with Crippen LogP contribution in [0.4, 0.5) is 0 Å². The van der Waals surface area contributed by atoms with Gasteiger partial charge in [0.15, 0.2) is 0 Å². The van der Waals surface area contributed by atoms with E-state index in [0.717, 1.165) is 6.42 Å². The minimum absolute atomic E-state index is 0.120. The second kappa shape index (κ2) is 4.48. The van der Waals surface area contributed by atoms with Gasteiger partial charge in [0.1, 0.15) is 0 Å². The van der Waals surface area contributed by atoms with Crippen LogP contribution in [0.25, 0.3) is 0 Å². The Morgan fingerprint density at radius 3 is 2.33 bits per heavy atom. The molecule has 0 aromatic heterocycles. The largest absolute Gasteiger partial charge is 0.324 e. The fourth-order valence-electron chi connectivity index (χ4n) is 1.10. The topological polar surface area (TPSA) is 26.0 Å². The predicted molar refractivity (Wildman–Crippen MR) is 53.5 cm³/mol. The van der Waals surface area contributed by atoms with Gasteiger partial charge in [-0.3, -0.25) is 0 Å². The highest BCUT2D eigenvalue weighted by atomic mass is 35.5. The van der Waals surface area contributed by atoms with E-state index in [-0.39, 0.29) is 6.04 Å². The summed E-state index contributed by atoms with van der Waals surface area (Å²) in [6.45, 7) is 1.98. The third-order valence-corrected chi connectivity index (χ3v) is 2.08. The van der Waals surface area contributed by atoms with E-state index in [1.165, 1.54) is 11.1 Å². The molecule has 0 amide bonds. The zero-order chi connectivity index (χ0) is 8.97. The third-order valence-electron chi connectivity index (χ3n) is 1.89. The summed E-state index contributed by atoms with van der Waals surface area (Å²) in [5, 5.41) is 0. The highest BCUT2D eigenvalue weighted by Crippen LogP contribution is 2.11. The maximum atomic E-state index is 5.71. The van der Waals surface area contributed by atoms with Gasteiger partial charge in [0, 0.05) is 11.9 Å². The second-order valence-corrected chi connectivity index (χ2v) is 3.35. The van der Waals surface area contributed by atoms with Crippen molar-refractivity contribution in [1.82, 2.24) is 0 Å². The van der Waals surface area contributed by atoms with Gasteiger partial charge in [0.25, 0.3) is 0 Å². The third kappa shape index (κ3) is 2.50. The lowest BCUT2D eigenvalue weighted by Crippen LogP contribution is -2.04. The lowest BCUT2D eigenvalue weighted by Gasteiger charge is -2.05. The number of benzene rings is 1. The minimum Gasteiger partial charge on any atom is -0.324 e. The highest BCUT2D eigenvalue weighted by Gasteiger charge is 1.97. The molecule has 0 spiro atoms. The van der Waals surface area contributed by atoms with Crippen molar-refractivity contribution in [2.75, 3.05) is 5.88 Å². The maximum Gasteiger partial charge on any atom is 0.0266 e. The molecule has 2 N–H and O–H groups in total. The lowest BCUT2D eigenvalue weighted by molar-refractivity contribution is 0.817. The average Bonchev–Trinajstić information content (AvgIpc) is 2.06. The lowest BCUT2D eigenvalue weighted by atomic mass is 10.1. The molecule has 2 heteroatoms. The van der Waals surface area contributed by atoms with Crippen LogP contribution in [0.15, 0.2) is 24.3 Å². The second-order valence-electron chi connectivity index (χ2n) is 2.97.